The Kier molecular flexibility index (Phi) is 38.1. The van der Waals surface area contributed by atoms with Crippen molar-refractivity contribution in [3.8, 4) is 0 Å². The Hall–Kier alpha value is 0.828. The third-order valence-electron chi connectivity index (χ3n) is 12.3. The van der Waals surface area contributed by atoms with Crippen molar-refractivity contribution in [2.24, 2.45) is 29.6 Å². The maximum atomic E-state index is 13.1. The van der Waals surface area contributed by atoms with Crippen LogP contribution in [-0.2, 0) is 72.8 Å². The zero-order valence-corrected chi connectivity index (χ0v) is 46.7. The fraction of sp³-hybridized carbons (Fsp3) is 0.913. The predicted octanol–water partition coefficient (Wildman–Crippen LogP) is 13.7. The lowest BCUT2D eigenvalue weighted by molar-refractivity contribution is -0.155. The molecule has 4 aliphatic carbocycles. The standard InChI is InChI=1S/C24H50O6PS2Si4.C16H25O3PS2.6CH4/c1-19(18-37(9,30-36(6,7)8)29-34(2)28-35(3,4)5)24(25)27-22-14-10-20(11-15-22)21-12-16-23(17-13-21)31(26)33-32;1-11(2)16(17)19-14-7-3-12(4-8-14)13-5-9-15(10-6-13)20(18)22-21;;;;;;/h19-23H,10-18H2,1-9H3;12-15H,1,3-10H2,2H3;6*1H4. The first-order valence-corrected chi connectivity index (χ1v) is 40.5. The van der Waals surface area contributed by atoms with Crippen molar-refractivity contribution < 1.29 is 41.2 Å². The van der Waals surface area contributed by atoms with Gasteiger partial charge in [0.1, 0.15) is 56.4 Å². The number of carbonyl (C=O) groups excluding carboxylic acids is 2. The molecule has 19 heteroatoms. The molecule has 4 unspecified atom stereocenters. The van der Waals surface area contributed by atoms with Crippen LogP contribution in [0.15, 0.2) is 12.2 Å². The van der Waals surface area contributed by atoms with Gasteiger partial charge in [-0.3, -0.25) is 4.79 Å². The van der Waals surface area contributed by atoms with E-state index in [2.05, 4.69) is 52.4 Å². The first-order valence-electron chi connectivity index (χ1n) is 22.0. The summed E-state index contributed by atoms with van der Waals surface area (Å²) in [7, 11) is -5.41. The molecule has 4 atom stereocenters. The number of carbonyl (C=O) groups is 2. The van der Waals surface area contributed by atoms with Gasteiger partial charge in [0, 0.05) is 34.0 Å². The lowest BCUT2D eigenvalue weighted by Crippen LogP contribution is -2.53. The van der Waals surface area contributed by atoms with Gasteiger partial charge in [-0.25, -0.2) is 4.79 Å². The molecular weight excluding hydrogens is 999 g/mol. The van der Waals surface area contributed by atoms with E-state index < -0.39 is 48.3 Å². The van der Waals surface area contributed by atoms with Gasteiger partial charge in [0.05, 0.1) is 5.92 Å². The highest BCUT2D eigenvalue weighted by Crippen LogP contribution is 2.44. The largest absolute Gasteiger partial charge is 0.619 e. The summed E-state index contributed by atoms with van der Waals surface area (Å²) in [6, 6.07) is 0.594. The molecule has 0 aliphatic heterocycles. The van der Waals surface area contributed by atoms with E-state index in [1.54, 1.807) is 6.92 Å². The maximum absolute atomic E-state index is 13.1. The van der Waals surface area contributed by atoms with Gasteiger partial charge in [0.2, 0.25) is 0 Å². The van der Waals surface area contributed by atoms with Crippen LogP contribution in [0.25, 0.3) is 0 Å². The average molecular weight is 1100 g/mol. The Morgan fingerprint density at radius 1 is 0.631 bits per heavy atom. The van der Waals surface area contributed by atoms with Gasteiger partial charge in [-0.1, -0.05) is 58.1 Å². The number of rotatable bonds is 16. The zero-order chi connectivity index (χ0) is 44.1. The van der Waals surface area contributed by atoms with Gasteiger partial charge in [-0.05, 0) is 186 Å². The number of hydrogen-bond acceptors (Lipinski definition) is 11. The van der Waals surface area contributed by atoms with Crippen molar-refractivity contribution in [3.05, 3.63) is 12.2 Å². The highest BCUT2D eigenvalue weighted by molar-refractivity contribution is 8.34. The topological polar surface area (TPSA) is 126 Å². The Balaban J connectivity index is -0.000000577. The molecule has 4 fully saturated rings. The summed E-state index contributed by atoms with van der Waals surface area (Å²) in [5.74, 6) is 2.29. The van der Waals surface area contributed by atoms with Crippen LogP contribution in [0.2, 0.25) is 58.4 Å². The van der Waals surface area contributed by atoms with Crippen LogP contribution in [0.1, 0.15) is 161 Å². The summed E-state index contributed by atoms with van der Waals surface area (Å²) in [6.07, 6.45) is 17.4. The van der Waals surface area contributed by atoms with Crippen molar-refractivity contribution in [1.29, 1.82) is 0 Å². The third-order valence-corrected chi connectivity index (χ3v) is 32.2. The van der Waals surface area contributed by atoms with Crippen LogP contribution in [0.4, 0.5) is 0 Å². The second-order valence-corrected chi connectivity index (χ2v) is 43.0. The van der Waals surface area contributed by atoms with E-state index in [1.807, 2.05) is 13.5 Å². The molecule has 0 amide bonds. The molecule has 4 aliphatic rings. The fourth-order valence-electron chi connectivity index (χ4n) is 9.72. The fourth-order valence-corrected chi connectivity index (χ4v) is 29.7. The third kappa shape index (κ3) is 26.7. The second kappa shape index (κ2) is 34.2. The SMILES string of the molecule is C.C.C.C.C.C.C=C(C)C(=O)OC1CCC(C2CCC([P+]([O-])=S=S)CC2)CC1.CC(C[Si](C)(O[Si](C)O[Si](C)(C)C)O[Si](C)(C)C)C(=O)OC1CCC(C2CCC([P+]([O-])=S=S)CC2)CC1. The molecule has 0 bridgehead atoms. The predicted molar refractivity (Wildman–Crippen MR) is 301 cm³/mol. The van der Waals surface area contributed by atoms with E-state index in [0.717, 1.165) is 127 Å². The zero-order valence-electron chi connectivity index (χ0n) is 37.6. The van der Waals surface area contributed by atoms with Gasteiger partial charge < -0.3 is 31.6 Å². The molecule has 0 aromatic rings. The Morgan fingerprint density at radius 3 is 1.28 bits per heavy atom. The summed E-state index contributed by atoms with van der Waals surface area (Å²) >= 11 is 9.80. The first kappa shape index (κ1) is 72.4. The van der Waals surface area contributed by atoms with Gasteiger partial charge >= 0.3 is 29.8 Å². The van der Waals surface area contributed by atoms with E-state index in [-0.39, 0.29) is 74.6 Å². The summed E-state index contributed by atoms with van der Waals surface area (Å²) < 4.78 is 30.9. The molecular formula is C46H99O9P2S4Si4. The van der Waals surface area contributed by atoms with Gasteiger partial charge in [0.25, 0.3) is 0 Å². The van der Waals surface area contributed by atoms with E-state index in [9.17, 15) is 19.4 Å². The van der Waals surface area contributed by atoms with Crippen molar-refractivity contribution in [3.63, 3.8) is 0 Å². The van der Waals surface area contributed by atoms with E-state index in [0.29, 0.717) is 28.9 Å². The van der Waals surface area contributed by atoms with Crippen LogP contribution in [0.5, 0.6) is 0 Å². The molecule has 0 spiro atoms. The van der Waals surface area contributed by atoms with E-state index in [1.165, 1.54) is 12.8 Å². The lowest BCUT2D eigenvalue weighted by Gasteiger charge is -2.38. The minimum Gasteiger partial charge on any atom is -0.619 e. The Bertz CT molecular complexity index is 1500. The lowest BCUT2D eigenvalue weighted by atomic mass is 9.73. The molecule has 4 rings (SSSR count). The normalized spacial score (nSPS) is 27.3. The molecule has 0 aromatic heterocycles. The highest BCUT2D eigenvalue weighted by Gasteiger charge is 2.43. The number of ether oxygens (including phenoxy) is 2. The first-order chi connectivity index (χ1) is 27.5. The van der Waals surface area contributed by atoms with Crippen LogP contribution in [0.3, 0.4) is 0 Å². The minimum absolute atomic E-state index is 0. The summed E-state index contributed by atoms with van der Waals surface area (Å²) in [5, 5.41) is 0. The maximum Gasteiger partial charge on any atom is 0.360 e. The monoisotopic (exact) mass is 1100 g/mol. The Morgan fingerprint density at radius 2 is 0.969 bits per heavy atom. The van der Waals surface area contributed by atoms with Crippen LogP contribution in [0, 0.1) is 29.6 Å². The molecule has 1 radical (unpaired) electrons. The molecule has 0 N–H and O–H groups in total. The summed E-state index contributed by atoms with van der Waals surface area (Å²) in [4.78, 5) is 48.5. The van der Waals surface area contributed by atoms with Crippen LogP contribution < -0.4 is 9.79 Å². The summed E-state index contributed by atoms with van der Waals surface area (Å²) in [5.41, 5.74) is 1.12. The minimum atomic E-state index is -2.62. The quantitative estimate of drug-likeness (QED) is 0.0634. The Labute approximate surface area is 424 Å². The number of esters is 2. The van der Waals surface area contributed by atoms with E-state index >= 15 is 0 Å². The molecule has 0 heterocycles. The van der Waals surface area contributed by atoms with Gasteiger partial charge in [-0.2, -0.15) is 0 Å². The van der Waals surface area contributed by atoms with Crippen LogP contribution in [-0.4, -0.2) is 69.9 Å². The molecule has 4 saturated carbocycles. The smallest absolute Gasteiger partial charge is 0.360 e. The van der Waals surface area contributed by atoms with Crippen LogP contribution >= 0.6 is 13.8 Å². The van der Waals surface area contributed by atoms with Crippen molar-refractivity contribution in [1.82, 2.24) is 0 Å². The van der Waals surface area contributed by atoms with E-state index in [4.69, 9.17) is 44.2 Å². The van der Waals surface area contributed by atoms with Crippen molar-refractivity contribution >= 4 is 102 Å². The van der Waals surface area contributed by atoms with Gasteiger partial charge in [0.15, 0.2) is 16.6 Å². The molecule has 65 heavy (non-hydrogen) atoms. The van der Waals surface area contributed by atoms with Gasteiger partial charge in [-0.15, -0.1) is 0 Å². The second-order valence-electron chi connectivity index (χ2n) is 19.8. The molecule has 9 nitrogen and oxygen atoms in total. The van der Waals surface area contributed by atoms with Crippen molar-refractivity contribution in [2.45, 2.75) is 243 Å². The summed E-state index contributed by atoms with van der Waals surface area (Å²) in [6.45, 7) is 22.0. The average Bonchev–Trinajstić information content (AvgIpc) is 3.16. The molecule has 0 saturated heterocycles. The van der Waals surface area contributed by atoms with Crippen molar-refractivity contribution in [2.75, 3.05) is 0 Å². The number of hydrogen-bond donors (Lipinski definition) is 0. The molecule has 0 aromatic carbocycles. The highest BCUT2D eigenvalue weighted by atomic mass is 32.9. The molecule has 387 valence electrons.